The number of nitrogen functional groups attached to an aromatic ring is 1. The smallest absolute Gasteiger partial charge is 0.128 e. The number of aliphatic imine (C=N–C) groups is 1. The Hall–Kier alpha value is -3.38. The Balaban J connectivity index is 2.31. The van der Waals surface area contributed by atoms with Crippen molar-refractivity contribution in [2.24, 2.45) is 16.6 Å². The number of nitrogens with two attached hydrogens (primary N) is 3. The average molecular weight is 408 g/mol. The summed E-state index contributed by atoms with van der Waals surface area (Å²) in [5, 5.41) is 1.44. The van der Waals surface area contributed by atoms with Crippen molar-refractivity contribution in [1.29, 1.82) is 0 Å². The molecule has 6 heteroatoms. The molecule has 1 atom stereocenters. The molecule has 2 rings (SSSR count). The topological polar surface area (TPSA) is 93.7 Å². The zero-order valence-corrected chi connectivity index (χ0v) is 17.9. The fourth-order valence-electron chi connectivity index (χ4n) is 3.27. The minimum atomic E-state index is -0.449. The van der Waals surface area contributed by atoms with Crippen LogP contribution >= 0.6 is 0 Å². The lowest BCUT2D eigenvalue weighted by atomic mass is 9.85. The maximum Gasteiger partial charge on any atom is 0.128 e. The number of rotatable bonds is 8. The first-order valence-corrected chi connectivity index (χ1v) is 9.52. The van der Waals surface area contributed by atoms with Gasteiger partial charge >= 0.3 is 0 Å². The maximum absolute atomic E-state index is 14.7. The monoisotopic (exact) mass is 407 g/mol. The zero-order chi connectivity index (χ0) is 22.6. The van der Waals surface area contributed by atoms with E-state index in [-0.39, 0.29) is 18.1 Å². The first kappa shape index (κ1) is 22.9. The molecule has 158 valence electrons. The molecular weight excluding hydrogens is 377 g/mol. The molecule has 5 nitrogen and oxygen atoms in total. The van der Waals surface area contributed by atoms with Crippen LogP contribution in [0.3, 0.4) is 0 Å². The van der Waals surface area contributed by atoms with Gasteiger partial charge in [-0.1, -0.05) is 43.5 Å². The van der Waals surface area contributed by atoms with Crippen molar-refractivity contribution in [1.82, 2.24) is 0 Å². The lowest BCUT2D eigenvalue weighted by Crippen LogP contribution is -2.31. The van der Waals surface area contributed by atoms with E-state index in [0.717, 1.165) is 11.1 Å². The molecule has 0 amide bonds. The molecular formula is C24H30FN5. The summed E-state index contributed by atoms with van der Waals surface area (Å²) in [5.74, 6) is 5.35. The summed E-state index contributed by atoms with van der Waals surface area (Å²) in [6, 6.07) is 10.3. The van der Waals surface area contributed by atoms with Gasteiger partial charge in [-0.2, -0.15) is 0 Å². The van der Waals surface area contributed by atoms with Gasteiger partial charge < -0.3 is 11.5 Å². The third-order valence-corrected chi connectivity index (χ3v) is 4.99. The van der Waals surface area contributed by atoms with Crippen LogP contribution in [0.2, 0.25) is 0 Å². The standard InChI is InChI=1S/C24H30FN5/c1-14(2)23(24-20(17(5)26)8-7-9-21(24)25)18(6)29-13-16(4)30(28)19-11-10-15(3)22(27)12-19/h7-12,23H,1,4-5,13,26-28H2,2-3,6H3. The van der Waals surface area contributed by atoms with E-state index < -0.39 is 5.92 Å². The zero-order valence-electron chi connectivity index (χ0n) is 17.9. The summed E-state index contributed by atoms with van der Waals surface area (Å²) in [4.78, 5) is 4.62. The van der Waals surface area contributed by atoms with Crippen molar-refractivity contribution in [3.8, 4) is 0 Å². The number of anilines is 2. The quantitative estimate of drug-likeness (QED) is 0.195. The van der Waals surface area contributed by atoms with E-state index in [2.05, 4.69) is 24.7 Å². The molecule has 30 heavy (non-hydrogen) atoms. The second-order valence-corrected chi connectivity index (χ2v) is 7.44. The van der Waals surface area contributed by atoms with Crippen molar-refractivity contribution >= 4 is 22.8 Å². The van der Waals surface area contributed by atoms with Gasteiger partial charge in [0.05, 0.1) is 12.2 Å². The molecule has 0 radical (unpaired) electrons. The van der Waals surface area contributed by atoms with Gasteiger partial charge in [0.1, 0.15) is 5.82 Å². The Labute approximate surface area is 178 Å². The molecule has 0 aromatic heterocycles. The van der Waals surface area contributed by atoms with Gasteiger partial charge in [-0.3, -0.25) is 10.0 Å². The number of aryl methyl sites for hydroxylation is 1. The van der Waals surface area contributed by atoms with E-state index in [4.69, 9.17) is 17.3 Å². The molecule has 0 aliphatic rings. The highest BCUT2D eigenvalue weighted by Crippen LogP contribution is 2.32. The molecule has 0 fully saturated rings. The summed E-state index contributed by atoms with van der Waals surface area (Å²) in [6.07, 6.45) is 0. The highest BCUT2D eigenvalue weighted by atomic mass is 19.1. The van der Waals surface area contributed by atoms with Crippen LogP contribution in [0, 0.1) is 12.7 Å². The van der Waals surface area contributed by atoms with E-state index in [9.17, 15) is 4.39 Å². The van der Waals surface area contributed by atoms with Gasteiger partial charge in [0.25, 0.3) is 0 Å². The number of hydrogen-bond donors (Lipinski definition) is 3. The van der Waals surface area contributed by atoms with Crippen molar-refractivity contribution < 1.29 is 4.39 Å². The first-order valence-electron chi connectivity index (χ1n) is 9.52. The predicted octanol–water partition coefficient (Wildman–Crippen LogP) is 4.66. The Morgan fingerprint density at radius 2 is 1.83 bits per heavy atom. The Kier molecular flexibility index (Phi) is 7.19. The molecule has 2 aromatic rings. The van der Waals surface area contributed by atoms with Crippen LogP contribution in [-0.2, 0) is 0 Å². The maximum atomic E-state index is 14.7. The summed E-state index contributed by atoms with van der Waals surface area (Å²) < 4.78 is 14.7. The van der Waals surface area contributed by atoms with E-state index in [0.29, 0.717) is 33.9 Å². The minimum Gasteiger partial charge on any atom is -0.399 e. The molecule has 0 saturated carbocycles. The van der Waals surface area contributed by atoms with Gasteiger partial charge in [0.2, 0.25) is 0 Å². The van der Waals surface area contributed by atoms with Gasteiger partial charge in [-0.25, -0.2) is 10.2 Å². The largest absolute Gasteiger partial charge is 0.399 e. The molecule has 0 aliphatic carbocycles. The molecule has 0 aliphatic heterocycles. The van der Waals surface area contributed by atoms with Crippen molar-refractivity contribution in [2.75, 3.05) is 17.3 Å². The summed E-state index contributed by atoms with van der Waals surface area (Å²) in [6.45, 7) is 17.6. The van der Waals surface area contributed by atoms with Crippen LogP contribution in [0.1, 0.15) is 36.5 Å². The van der Waals surface area contributed by atoms with Gasteiger partial charge in [-0.15, -0.1) is 0 Å². The van der Waals surface area contributed by atoms with Crippen molar-refractivity contribution in [3.63, 3.8) is 0 Å². The molecule has 1 unspecified atom stereocenters. The number of hydrazine groups is 1. The lowest BCUT2D eigenvalue weighted by molar-refractivity contribution is 0.608. The second-order valence-electron chi connectivity index (χ2n) is 7.44. The Morgan fingerprint density at radius 3 is 2.40 bits per heavy atom. The molecule has 6 N–H and O–H groups in total. The van der Waals surface area contributed by atoms with Gasteiger partial charge in [0, 0.05) is 39.8 Å². The van der Waals surface area contributed by atoms with E-state index in [1.807, 2.05) is 32.9 Å². The summed E-state index contributed by atoms with van der Waals surface area (Å²) >= 11 is 0. The summed E-state index contributed by atoms with van der Waals surface area (Å²) in [7, 11) is 0. The van der Waals surface area contributed by atoms with Crippen LogP contribution in [0.5, 0.6) is 0 Å². The highest BCUT2D eigenvalue weighted by molar-refractivity contribution is 5.93. The molecule has 2 aromatic carbocycles. The first-order chi connectivity index (χ1) is 14.0. The third kappa shape index (κ3) is 4.96. The van der Waals surface area contributed by atoms with Gasteiger partial charge in [-0.05, 0) is 44.5 Å². The fraction of sp³-hybridized carbons (Fsp3) is 0.208. The van der Waals surface area contributed by atoms with Crippen LogP contribution in [0.25, 0.3) is 5.70 Å². The van der Waals surface area contributed by atoms with Crippen LogP contribution in [0.15, 0.2) is 72.4 Å². The van der Waals surface area contributed by atoms with Crippen molar-refractivity contribution in [3.05, 3.63) is 89.9 Å². The highest BCUT2D eigenvalue weighted by Gasteiger charge is 2.23. The number of halogens is 1. The fourth-order valence-corrected chi connectivity index (χ4v) is 3.27. The Bertz CT molecular complexity index is 1020. The van der Waals surface area contributed by atoms with Crippen molar-refractivity contribution in [2.45, 2.75) is 26.7 Å². The normalized spacial score (nSPS) is 12.4. The minimum absolute atomic E-state index is 0.229. The second kappa shape index (κ2) is 9.41. The number of benzene rings is 2. The number of nitrogens with zero attached hydrogens (tertiary/aromatic N) is 2. The molecule has 0 spiro atoms. The van der Waals surface area contributed by atoms with E-state index >= 15 is 0 Å². The van der Waals surface area contributed by atoms with Crippen LogP contribution in [-0.4, -0.2) is 12.3 Å². The van der Waals surface area contributed by atoms with Crippen LogP contribution in [0.4, 0.5) is 15.8 Å². The van der Waals surface area contributed by atoms with Crippen LogP contribution < -0.4 is 22.3 Å². The molecule has 0 bridgehead atoms. The predicted molar refractivity (Wildman–Crippen MR) is 127 cm³/mol. The number of allylic oxidation sites excluding steroid dienone is 1. The van der Waals surface area contributed by atoms with E-state index in [1.54, 1.807) is 18.2 Å². The van der Waals surface area contributed by atoms with Gasteiger partial charge in [0.15, 0.2) is 0 Å². The third-order valence-electron chi connectivity index (χ3n) is 4.99. The SMILES string of the molecule is C=C(N)c1cccc(F)c1C(C(=C)C)C(C)=NCC(=C)N(N)c1ccc(C)c(N)c1. The number of hydrogen-bond acceptors (Lipinski definition) is 5. The average Bonchev–Trinajstić information content (AvgIpc) is 2.68. The Morgan fingerprint density at radius 1 is 1.17 bits per heavy atom. The molecule has 0 saturated heterocycles. The summed E-state index contributed by atoms with van der Waals surface area (Å²) in [5.41, 5.74) is 17.4. The van der Waals surface area contributed by atoms with E-state index in [1.165, 1.54) is 11.1 Å². The molecule has 0 heterocycles. The lowest BCUT2D eigenvalue weighted by Gasteiger charge is -2.23.